The smallest absolute Gasteiger partial charge is 0.363 e. The number of halogens is 4. The number of likely N-dealkylation sites (N-methyl/N-ethyl adjacent to an activating group) is 1. The third kappa shape index (κ3) is 4.34. The Morgan fingerprint density at radius 2 is 2.00 bits per heavy atom. The highest BCUT2D eigenvalue weighted by molar-refractivity contribution is 6.08. The average molecular weight is 478 g/mol. The van der Waals surface area contributed by atoms with Gasteiger partial charge in [0, 0.05) is 44.8 Å². The number of amidine groups is 1. The van der Waals surface area contributed by atoms with Gasteiger partial charge in [-0.05, 0) is 31.5 Å². The van der Waals surface area contributed by atoms with Crippen molar-refractivity contribution in [3.05, 3.63) is 46.9 Å². The van der Waals surface area contributed by atoms with Crippen LogP contribution in [0.3, 0.4) is 0 Å². The molecular formula is C23H26F4N6O. The summed E-state index contributed by atoms with van der Waals surface area (Å²) < 4.78 is 54.2. The summed E-state index contributed by atoms with van der Waals surface area (Å²) in [5, 5.41) is 12.3. The molecule has 1 aromatic carbocycles. The summed E-state index contributed by atoms with van der Waals surface area (Å²) in [5.41, 5.74) is -0.256. The predicted octanol–water partition coefficient (Wildman–Crippen LogP) is 3.18. The number of carbonyl (C=O) groups is 1. The van der Waals surface area contributed by atoms with E-state index in [1.54, 1.807) is 19.0 Å². The molecule has 0 radical (unpaired) electrons. The molecular weight excluding hydrogens is 452 g/mol. The van der Waals surface area contributed by atoms with E-state index in [0.29, 0.717) is 43.8 Å². The molecule has 3 heterocycles. The van der Waals surface area contributed by atoms with Crippen molar-refractivity contribution < 1.29 is 22.4 Å². The fourth-order valence-electron chi connectivity index (χ4n) is 4.88. The summed E-state index contributed by atoms with van der Waals surface area (Å²) in [6.45, 7) is 5.47. The molecule has 0 N–H and O–H groups in total. The van der Waals surface area contributed by atoms with Crippen LogP contribution in [0, 0.1) is 17.1 Å². The summed E-state index contributed by atoms with van der Waals surface area (Å²) in [6, 6.07) is 4.01. The zero-order chi connectivity index (χ0) is 24.8. The van der Waals surface area contributed by atoms with E-state index < -0.39 is 23.6 Å². The number of benzene rings is 1. The highest BCUT2D eigenvalue weighted by Crippen LogP contribution is 2.38. The maximum Gasteiger partial charge on any atom is 0.416 e. The minimum atomic E-state index is -4.65. The van der Waals surface area contributed by atoms with E-state index in [-0.39, 0.29) is 30.0 Å². The summed E-state index contributed by atoms with van der Waals surface area (Å²) in [5.74, 6) is -0.485. The van der Waals surface area contributed by atoms with Crippen LogP contribution in [0.25, 0.3) is 0 Å². The van der Waals surface area contributed by atoms with Gasteiger partial charge in [0.25, 0.3) is 5.91 Å². The van der Waals surface area contributed by atoms with Crippen LogP contribution >= 0.6 is 0 Å². The first-order valence-electron chi connectivity index (χ1n) is 11.1. The van der Waals surface area contributed by atoms with Gasteiger partial charge in [-0.1, -0.05) is 6.07 Å². The number of amides is 1. The van der Waals surface area contributed by atoms with Gasteiger partial charge in [-0.25, -0.2) is 4.39 Å². The van der Waals surface area contributed by atoms with Crippen molar-refractivity contribution in [2.45, 2.75) is 44.6 Å². The van der Waals surface area contributed by atoms with Crippen molar-refractivity contribution in [1.82, 2.24) is 19.8 Å². The van der Waals surface area contributed by atoms with E-state index in [1.165, 1.54) is 17.2 Å². The van der Waals surface area contributed by atoms with Crippen LogP contribution in [0.5, 0.6) is 0 Å². The van der Waals surface area contributed by atoms with Crippen LogP contribution in [0.4, 0.5) is 17.6 Å². The lowest BCUT2D eigenvalue weighted by atomic mass is 9.98. The molecule has 1 amide bonds. The number of nitriles is 1. The van der Waals surface area contributed by atoms with E-state index >= 15 is 0 Å². The standard InChI is InChI=1S/C23H26F4N6O/c1-14-12-31(15(2)18-5-4-16(24)10-19(18)23(25,26)27)8-9-32(14)20-11-21(34)30(3)33-13-17(6-7-28)29-22(20)33/h4-5,10-11,14-15,17H,6,8-9,12-13H2,1-3H3. The highest BCUT2D eigenvalue weighted by atomic mass is 19.4. The molecule has 0 spiro atoms. The monoisotopic (exact) mass is 478 g/mol. The Labute approximate surface area is 195 Å². The van der Waals surface area contributed by atoms with Gasteiger partial charge >= 0.3 is 6.18 Å². The van der Waals surface area contributed by atoms with Crippen molar-refractivity contribution in [1.29, 1.82) is 5.26 Å². The topological polar surface area (TPSA) is 66.2 Å². The van der Waals surface area contributed by atoms with Crippen molar-refractivity contribution in [2.24, 2.45) is 4.99 Å². The Bertz CT molecular complexity index is 1080. The molecule has 1 aromatic rings. The van der Waals surface area contributed by atoms with Crippen LogP contribution in [-0.4, -0.2) is 76.9 Å². The minimum Gasteiger partial charge on any atom is -0.363 e. The maximum absolute atomic E-state index is 13.6. The fraction of sp³-hybridized carbons (Fsp3) is 0.522. The van der Waals surface area contributed by atoms with Gasteiger partial charge in [0.1, 0.15) is 5.82 Å². The van der Waals surface area contributed by atoms with Gasteiger partial charge in [0.2, 0.25) is 0 Å². The predicted molar refractivity (Wildman–Crippen MR) is 117 cm³/mol. The van der Waals surface area contributed by atoms with E-state index in [9.17, 15) is 22.4 Å². The molecule has 0 aromatic heterocycles. The zero-order valence-electron chi connectivity index (χ0n) is 19.2. The molecule has 0 saturated carbocycles. The summed E-state index contributed by atoms with van der Waals surface area (Å²) in [7, 11) is 1.66. The van der Waals surface area contributed by atoms with Crippen molar-refractivity contribution in [3.63, 3.8) is 0 Å². The van der Waals surface area contributed by atoms with Crippen molar-refractivity contribution in [2.75, 3.05) is 33.2 Å². The second kappa shape index (κ2) is 8.91. The first kappa shape index (κ1) is 24.0. The molecule has 11 heteroatoms. The largest absolute Gasteiger partial charge is 0.416 e. The van der Waals surface area contributed by atoms with Gasteiger partial charge in [-0.2, -0.15) is 18.4 Å². The molecule has 1 saturated heterocycles. The van der Waals surface area contributed by atoms with Crippen molar-refractivity contribution >= 4 is 11.7 Å². The summed E-state index contributed by atoms with van der Waals surface area (Å²) in [4.78, 5) is 21.2. The summed E-state index contributed by atoms with van der Waals surface area (Å²) in [6.07, 6.45) is -2.88. The van der Waals surface area contributed by atoms with Gasteiger partial charge in [0.05, 0.1) is 36.3 Å². The normalized spacial score (nSPS) is 24.5. The zero-order valence-corrected chi connectivity index (χ0v) is 19.2. The Balaban J connectivity index is 1.55. The average Bonchev–Trinajstić information content (AvgIpc) is 3.20. The second-order valence-electron chi connectivity index (χ2n) is 8.88. The van der Waals surface area contributed by atoms with Crippen molar-refractivity contribution in [3.8, 4) is 6.07 Å². The molecule has 3 aliphatic heterocycles. The van der Waals surface area contributed by atoms with Gasteiger partial charge in [-0.15, -0.1) is 0 Å². The first-order valence-corrected chi connectivity index (χ1v) is 11.1. The molecule has 34 heavy (non-hydrogen) atoms. The number of fused-ring (bicyclic) bond motifs is 1. The molecule has 3 atom stereocenters. The molecule has 0 aliphatic carbocycles. The second-order valence-corrected chi connectivity index (χ2v) is 8.88. The lowest BCUT2D eigenvalue weighted by Crippen LogP contribution is -2.57. The lowest BCUT2D eigenvalue weighted by Gasteiger charge is -2.46. The Hall–Kier alpha value is -3.13. The Kier molecular flexibility index (Phi) is 6.29. The maximum atomic E-state index is 13.6. The molecule has 3 aliphatic rings. The Morgan fingerprint density at radius 3 is 2.65 bits per heavy atom. The summed E-state index contributed by atoms with van der Waals surface area (Å²) >= 11 is 0. The van der Waals surface area contributed by atoms with Crippen LogP contribution in [0.1, 0.15) is 37.4 Å². The third-order valence-corrected chi connectivity index (χ3v) is 6.72. The van der Waals surface area contributed by atoms with E-state index in [1.807, 2.05) is 16.7 Å². The van der Waals surface area contributed by atoms with Crippen LogP contribution in [0.2, 0.25) is 0 Å². The number of hydrogen-bond donors (Lipinski definition) is 0. The number of carbonyl (C=O) groups excluding carboxylic acids is 1. The minimum absolute atomic E-state index is 0.0360. The number of rotatable bonds is 4. The number of aliphatic imine (C=N–C) groups is 1. The quantitative estimate of drug-likeness (QED) is 0.622. The van der Waals surface area contributed by atoms with E-state index in [0.717, 1.165) is 6.07 Å². The number of hydrazine groups is 1. The first-order chi connectivity index (χ1) is 16.0. The lowest BCUT2D eigenvalue weighted by molar-refractivity contribution is -0.139. The molecule has 3 unspecified atom stereocenters. The molecule has 1 fully saturated rings. The van der Waals surface area contributed by atoms with E-state index in [2.05, 4.69) is 11.1 Å². The van der Waals surface area contributed by atoms with Crippen LogP contribution in [-0.2, 0) is 11.0 Å². The molecule has 182 valence electrons. The SMILES string of the molecule is CC(c1ccc(F)cc1C(F)(F)F)N1CCN(C2=CC(=O)N(C)N3CC(CC#N)N=C23)C(C)C1. The number of piperazine rings is 1. The Morgan fingerprint density at radius 1 is 1.26 bits per heavy atom. The number of hydrogen-bond acceptors (Lipinski definition) is 6. The van der Waals surface area contributed by atoms with Crippen LogP contribution in [0.15, 0.2) is 35.0 Å². The van der Waals surface area contributed by atoms with Gasteiger partial charge in [0.15, 0.2) is 5.84 Å². The molecule has 0 bridgehead atoms. The molecule has 4 rings (SSSR count). The van der Waals surface area contributed by atoms with Gasteiger partial charge < -0.3 is 4.90 Å². The number of alkyl halides is 3. The fourth-order valence-corrected chi connectivity index (χ4v) is 4.88. The molecule has 7 nitrogen and oxygen atoms in total. The van der Waals surface area contributed by atoms with Crippen LogP contribution < -0.4 is 0 Å². The van der Waals surface area contributed by atoms with Gasteiger partial charge in [-0.3, -0.25) is 24.7 Å². The third-order valence-electron chi connectivity index (χ3n) is 6.72. The number of nitrogens with zero attached hydrogens (tertiary/aromatic N) is 6. The highest BCUT2D eigenvalue weighted by Gasteiger charge is 2.41. The van der Waals surface area contributed by atoms with E-state index in [4.69, 9.17) is 5.26 Å².